The fourth-order valence-electron chi connectivity index (χ4n) is 9.47. The van der Waals surface area contributed by atoms with Gasteiger partial charge < -0.3 is 0 Å². The molecular weight excluding hydrogens is 362 g/mol. The van der Waals surface area contributed by atoms with Gasteiger partial charge in [-0.3, -0.25) is 4.90 Å². The summed E-state index contributed by atoms with van der Waals surface area (Å²) in [5, 5.41) is 0. The first-order valence-electron chi connectivity index (χ1n) is 14.4. The predicted molar refractivity (Wildman–Crippen MR) is 129 cm³/mol. The summed E-state index contributed by atoms with van der Waals surface area (Å²) < 4.78 is 0. The third-order valence-electron chi connectivity index (χ3n) is 10.9. The second-order valence-corrected chi connectivity index (χ2v) is 13.0. The van der Waals surface area contributed by atoms with Crippen molar-refractivity contribution >= 4 is 0 Å². The van der Waals surface area contributed by atoms with Crippen LogP contribution in [0.15, 0.2) is 0 Å². The van der Waals surface area contributed by atoms with Gasteiger partial charge in [0.2, 0.25) is 0 Å². The van der Waals surface area contributed by atoms with Crippen LogP contribution >= 0.6 is 0 Å². The van der Waals surface area contributed by atoms with E-state index in [4.69, 9.17) is 0 Å². The van der Waals surface area contributed by atoms with E-state index in [-0.39, 0.29) is 0 Å². The van der Waals surface area contributed by atoms with Crippen LogP contribution in [0.4, 0.5) is 0 Å². The predicted octanol–water partition coefficient (Wildman–Crippen LogP) is 8.08. The Morgan fingerprint density at radius 2 is 1.10 bits per heavy atom. The molecule has 5 saturated carbocycles. The van der Waals surface area contributed by atoms with Crippen molar-refractivity contribution in [3.8, 4) is 0 Å². The zero-order valence-corrected chi connectivity index (χ0v) is 20.5. The van der Waals surface area contributed by atoms with Crippen LogP contribution in [0, 0.1) is 41.4 Å². The quantitative estimate of drug-likeness (QED) is 0.452. The van der Waals surface area contributed by atoms with E-state index >= 15 is 0 Å². The molecule has 172 valence electrons. The van der Waals surface area contributed by atoms with Gasteiger partial charge in [0, 0.05) is 18.1 Å². The van der Waals surface area contributed by atoms with Crippen molar-refractivity contribution in [2.45, 2.75) is 142 Å². The van der Waals surface area contributed by atoms with Crippen molar-refractivity contribution in [3.05, 3.63) is 0 Å². The van der Waals surface area contributed by atoms with E-state index < -0.39 is 0 Å². The molecule has 0 spiro atoms. The highest BCUT2D eigenvalue weighted by Gasteiger charge is 2.51. The highest BCUT2D eigenvalue weighted by atomic mass is 15.2. The summed E-state index contributed by atoms with van der Waals surface area (Å²) in [6.45, 7) is 7.67. The zero-order valence-electron chi connectivity index (χ0n) is 20.5. The highest BCUT2D eigenvalue weighted by Crippen LogP contribution is 2.54. The summed E-state index contributed by atoms with van der Waals surface area (Å²) in [7, 11) is 0. The van der Waals surface area contributed by atoms with Crippen LogP contribution in [-0.4, -0.2) is 23.0 Å². The van der Waals surface area contributed by atoms with Gasteiger partial charge in [-0.15, -0.1) is 0 Å². The first-order valence-corrected chi connectivity index (χ1v) is 14.4. The lowest BCUT2D eigenvalue weighted by Gasteiger charge is -2.60. The number of nitrogens with zero attached hydrogens (tertiary/aromatic N) is 1. The largest absolute Gasteiger partial charge is 0.294 e. The number of rotatable bonds is 3. The first-order chi connectivity index (χ1) is 14.6. The SMILES string of the molecule is CC1CCC(N(C2CCC(C)CC2C)C2C3CCCCC3CC3CCCCC32)CC1. The molecule has 7 unspecified atom stereocenters. The van der Waals surface area contributed by atoms with E-state index in [1.54, 1.807) is 32.1 Å². The summed E-state index contributed by atoms with van der Waals surface area (Å²) >= 11 is 0. The molecule has 0 N–H and O–H groups in total. The number of hydrogen-bond acceptors (Lipinski definition) is 1. The van der Waals surface area contributed by atoms with Crippen LogP contribution in [0.25, 0.3) is 0 Å². The summed E-state index contributed by atoms with van der Waals surface area (Å²) in [4.78, 5) is 3.34. The molecule has 0 saturated heterocycles. The van der Waals surface area contributed by atoms with Gasteiger partial charge in [0.05, 0.1) is 0 Å². The average molecular weight is 414 g/mol. The van der Waals surface area contributed by atoms with Crippen LogP contribution in [0.5, 0.6) is 0 Å². The Bertz CT molecular complexity index is 527. The summed E-state index contributed by atoms with van der Waals surface area (Å²) in [5.74, 6) is 7.09. The minimum absolute atomic E-state index is 0.896. The van der Waals surface area contributed by atoms with E-state index in [0.717, 1.165) is 59.6 Å². The Kier molecular flexibility index (Phi) is 6.86. The molecular formula is C29H51N. The molecule has 0 heterocycles. The molecule has 0 amide bonds. The van der Waals surface area contributed by atoms with E-state index in [0.29, 0.717) is 0 Å². The molecule has 0 bridgehead atoms. The van der Waals surface area contributed by atoms with Crippen molar-refractivity contribution in [1.82, 2.24) is 4.90 Å². The van der Waals surface area contributed by atoms with Crippen molar-refractivity contribution in [1.29, 1.82) is 0 Å². The minimum atomic E-state index is 0.896. The van der Waals surface area contributed by atoms with Gasteiger partial charge in [-0.2, -0.15) is 0 Å². The monoisotopic (exact) mass is 413 g/mol. The lowest BCUT2D eigenvalue weighted by molar-refractivity contribution is -0.103. The second kappa shape index (κ2) is 9.44. The molecule has 1 heteroatoms. The molecule has 5 fully saturated rings. The van der Waals surface area contributed by atoms with Gasteiger partial charge in [-0.25, -0.2) is 0 Å². The molecule has 0 radical (unpaired) electrons. The molecule has 30 heavy (non-hydrogen) atoms. The Morgan fingerprint density at radius 3 is 1.70 bits per heavy atom. The third kappa shape index (κ3) is 4.27. The van der Waals surface area contributed by atoms with Gasteiger partial charge in [-0.05, 0) is 106 Å². The highest BCUT2D eigenvalue weighted by molar-refractivity contribution is 5.04. The smallest absolute Gasteiger partial charge is 0.0163 e. The maximum absolute atomic E-state index is 3.34. The van der Waals surface area contributed by atoms with Gasteiger partial charge in [0.1, 0.15) is 0 Å². The Hall–Kier alpha value is -0.0400. The lowest BCUT2D eigenvalue weighted by atomic mass is 9.56. The van der Waals surface area contributed by atoms with Crippen molar-refractivity contribution < 1.29 is 0 Å². The fraction of sp³-hybridized carbons (Fsp3) is 1.00. The van der Waals surface area contributed by atoms with Crippen molar-refractivity contribution in [3.63, 3.8) is 0 Å². The van der Waals surface area contributed by atoms with Crippen LogP contribution in [0.3, 0.4) is 0 Å². The van der Waals surface area contributed by atoms with Crippen LogP contribution in [0.1, 0.15) is 124 Å². The summed E-state index contributed by atoms with van der Waals surface area (Å²) in [6, 6.07) is 2.76. The summed E-state index contributed by atoms with van der Waals surface area (Å²) in [5.41, 5.74) is 0. The molecule has 7 atom stereocenters. The molecule has 0 aromatic heterocycles. The fourth-order valence-corrected chi connectivity index (χ4v) is 9.47. The van der Waals surface area contributed by atoms with Crippen molar-refractivity contribution in [2.75, 3.05) is 0 Å². The molecule has 1 nitrogen and oxygen atoms in total. The van der Waals surface area contributed by atoms with E-state index in [2.05, 4.69) is 25.7 Å². The zero-order chi connectivity index (χ0) is 20.7. The van der Waals surface area contributed by atoms with E-state index in [1.807, 2.05) is 0 Å². The molecule has 0 aromatic rings. The van der Waals surface area contributed by atoms with Crippen LogP contribution < -0.4 is 0 Å². The van der Waals surface area contributed by atoms with Gasteiger partial charge >= 0.3 is 0 Å². The van der Waals surface area contributed by atoms with Gasteiger partial charge in [0.15, 0.2) is 0 Å². The Labute approximate surface area is 188 Å². The maximum atomic E-state index is 3.34. The van der Waals surface area contributed by atoms with Crippen LogP contribution in [0.2, 0.25) is 0 Å². The summed E-state index contributed by atoms with van der Waals surface area (Å²) in [6.07, 6.45) is 24.5. The Morgan fingerprint density at radius 1 is 0.533 bits per heavy atom. The molecule has 0 aliphatic heterocycles. The normalized spacial score (nSPS) is 50.0. The lowest BCUT2D eigenvalue weighted by Crippen LogP contribution is -2.62. The Balaban J connectivity index is 1.48. The second-order valence-electron chi connectivity index (χ2n) is 13.0. The number of fused-ring (bicyclic) bond motifs is 2. The number of hydrogen-bond donors (Lipinski definition) is 0. The maximum Gasteiger partial charge on any atom is 0.0163 e. The van der Waals surface area contributed by atoms with Crippen LogP contribution in [-0.2, 0) is 0 Å². The molecule has 5 rings (SSSR count). The standard InChI is InChI=1S/C29H51N/c1-20-12-15-25(16-13-20)30(28-17-14-21(2)18-22(28)3)29-26-10-6-4-8-23(26)19-24-9-5-7-11-27(24)29/h20-29H,4-19H2,1-3H3. The molecule has 0 aromatic carbocycles. The molecule has 5 aliphatic rings. The average Bonchev–Trinajstić information content (AvgIpc) is 2.76. The van der Waals surface area contributed by atoms with Crippen molar-refractivity contribution in [2.24, 2.45) is 41.4 Å². The third-order valence-corrected chi connectivity index (χ3v) is 10.9. The topological polar surface area (TPSA) is 3.24 Å². The van der Waals surface area contributed by atoms with Gasteiger partial charge in [0.25, 0.3) is 0 Å². The van der Waals surface area contributed by atoms with E-state index in [9.17, 15) is 0 Å². The first kappa shape index (κ1) is 21.8. The molecule has 5 aliphatic carbocycles. The minimum Gasteiger partial charge on any atom is -0.294 e. The van der Waals surface area contributed by atoms with Gasteiger partial charge in [-0.1, -0.05) is 59.3 Å². The van der Waals surface area contributed by atoms with E-state index in [1.165, 1.54) is 70.6 Å².